The molecular formula is C19H28N4O. The minimum Gasteiger partial charge on any atom is -0.378 e. The molecular weight excluding hydrogens is 300 g/mol. The Bertz CT molecular complexity index is 648. The van der Waals surface area contributed by atoms with Gasteiger partial charge in [-0.05, 0) is 38.0 Å². The fraction of sp³-hybridized carbons (Fsp3) is 0.526. The molecule has 0 saturated carbocycles. The van der Waals surface area contributed by atoms with E-state index in [-0.39, 0.29) is 0 Å². The van der Waals surface area contributed by atoms with Crippen molar-refractivity contribution in [2.24, 2.45) is 0 Å². The summed E-state index contributed by atoms with van der Waals surface area (Å²) in [5, 5.41) is 8.10. The number of aromatic nitrogens is 2. The molecule has 2 heterocycles. The van der Waals surface area contributed by atoms with Gasteiger partial charge in [0.05, 0.1) is 25.5 Å². The van der Waals surface area contributed by atoms with E-state index in [4.69, 9.17) is 4.74 Å². The zero-order valence-electron chi connectivity index (χ0n) is 14.9. The molecule has 1 aromatic heterocycles. The molecule has 1 N–H and O–H groups in total. The zero-order valence-corrected chi connectivity index (χ0v) is 14.9. The number of anilines is 1. The Hall–Kier alpha value is -1.85. The maximum atomic E-state index is 5.47. The van der Waals surface area contributed by atoms with Crippen LogP contribution in [0.1, 0.15) is 31.0 Å². The monoisotopic (exact) mass is 328 g/mol. The van der Waals surface area contributed by atoms with Gasteiger partial charge in [0.15, 0.2) is 0 Å². The Morgan fingerprint density at radius 3 is 2.67 bits per heavy atom. The molecule has 5 heteroatoms. The van der Waals surface area contributed by atoms with Crippen LogP contribution in [0.25, 0.3) is 0 Å². The highest BCUT2D eigenvalue weighted by Gasteiger charge is 2.17. The second-order valence-electron chi connectivity index (χ2n) is 6.64. The molecule has 3 rings (SSSR count). The second-order valence-corrected chi connectivity index (χ2v) is 6.64. The number of para-hydroxylation sites is 1. The number of benzene rings is 1. The van der Waals surface area contributed by atoms with Crippen molar-refractivity contribution < 1.29 is 4.74 Å². The van der Waals surface area contributed by atoms with E-state index >= 15 is 0 Å². The summed E-state index contributed by atoms with van der Waals surface area (Å²) in [4.78, 5) is 2.42. The zero-order chi connectivity index (χ0) is 16.9. The summed E-state index contributed by atoms with van der Waals surface area (Å²) in [6.07, 6.45) is 4.02. The second kappa shape index (κ2) is 7.81. The Morgan fingerprint density at radius 2 is 1.96 bits per heavy atom. The molecule has 5 nitrogen and oxygen atoms in total. The standard InChI is InChI=1S/C19H28N4O/c1-15-12-21-23(14-15)17(3)16(2)20-13-18-6-4-5-7-19(18)22-8-10-24-11-9-22/h4-7,12,14,16-17,20H,8-11,13H2,1-3H3. The minimum atomic E-state index is 0.314. The van der Waals surface area contributed by atoms with Crippen molar-refractivity contribution in [1.29, 1.82) is 0 Å². The molecule has 130 valence electrons. The van der Waals surface area contributed by atoms with E-state index in [1.54, 1.807) is 0 Å². The number of morpholine rings is 1. The lowest BCUT2D eigenvalue weighted by atomic mass is 10.1. The smallest absolute Gasteiger partial charge is 0.0642 e. The quantitative estimate of drug-likeness (QED) is 0.885. The van der Waals surface area contributed by atoms with Crippen LogP contribution >= 0.6 is 0 Å². The van der Waals surface area contributed by atoms with Crippen molar-refractivity contribution in [2.75, 3.05) is 31.2 Å². The van der Waals surface area contributed by atoms with Crippen LogP contribution in [0.5, 0.6) is 0 Å². The van der Waals surface area contributed by atoms with Gasteiger partial charge < -0.3 is 15.0 Å². The average molecular weight is 328 g/mol. The Balaban J connectivity index is 1.63. The van der Waals surface area contributed by atoms with Gasteiger partial charge in [0.2, 0.25) is 0 Å². The molecule has 0 bridgehead atoms. The van der Waals surface area contributed by atoms with Gasteiger partial charge in [-0.15, -0.1) is 0 Å². The lowest BCUT2D eigenvalue weighted by Crippen LogP contribution is -2.38. The lowest BCUT2D eigenvalue weighted by Gasteiger charge is -2.31. The lowest BCUT2D eigenvalue weighted by molar-refractivity contribution is 0.122. The number of aryl methyl sites for hydroxylation is 1. The van der Waals surface area contributed by atoms with Gasteiger partial charge in [-0.1, -0.05) is 18.2 Å². The van der Waals surface area contributed by atoms with E-state index in [0.29, 0.717) is 12.1 Å². The minimum absolute atomic E-state index is 0.314. The molecule has 2 unspecified atom stereocenters. The summed E-state index contributed by atoms with van der Waals surface area (Å²) in [6.45, 7) is 10.9. The van der Waals surface area contributed by atoms with Gasteiger partial charge in [0, 0.05) is 37.6 Å². The molecule has 0 amide bonds. The van der Waals surface area contributed by atoms with Gasteiger partial charge >= 0.3 is 0 Å². The summed E-state index contributed by atoms with van der Waals surface area (Å²) < 4.78 is 7.52. The largest absolute Gasteiger partial charge is 0.378 e. The molecule has 0 aliphatic carbocycles. The summed E-state index contributed by atoms with van der Waals surface area (Å²) in [7, 11) is 0. The van der Waals surface area contributed by atoms with Crippen molar-refractivity contribution in [2.45, 2.75) is 39.4 Å². The average Bonchev–Trinajstić information content (AvgIpc) is 3.06. The third-order valence-electron chi connectivity index (χ3n) is 4.83. The van der Waals surface area contributed by atoms with Crippen LogP contribution in [0.3, 0.4) is 0 Å². The van der Waals surface area contributed by atoms with Gasteiger partial charge in [-0.3, -0.25) is 4.68 Å². The first kappa shape index (κ1) is 17.0. The number of nitrogens with one attached hydrogen (secondary N) is 1. The molecule has 1 saturated heterocycles. The highest BCUT2D eigenvalue weighted by atomic mass is 16.5. The maximum absolute atomic E-state index is 5.47. The van der Waals surface area contributed by atoms with E-state index in [2.05, 4.69) is 66.5 Å². The van der Waals surface area contributed by atoms with Crippen molar-refractivity contribution in [3.8, 4) is 0 Å². The molecule has 1 aliphatic rings. The maximum Gasteiger partial charge on any atom is 0.0642 e. The summed E-state index contributed by atoms with van der Waals surface area (Å²) in [5.74, 6) is 0. The first-order chi connectivity index (χ1) is 11.6. The number of rotatable bonds is 6. The van der Waals surface area contributed by atoms with Crippen LogP contribution in [-0.2, 0) is 11.3 Å². The van der Waals surface area contributed by atoms with E-state index in [9.17, 15) is 0 Å². The van der Waals surface area contributed by atoms with Gasteiger partial charge in [0.25, 0.3) is 0 Å². The Labute approximate surface area is 144 Å². The number of nitrogens with zero attached hydrogens (tertiary/aromatic N) is 3. The highest BCUT2D eigenvalue weighted by molar-refractivity contribution is 5.53. The molecule has 1 fully saturated rings. The van der Waals surface area contributed by atoms with Crippen LogP contribution in [0.2, 0.25) is 0 Å². The number of hydrogen-bond donors (Lipinski definition) is 1. The van der Waals surface area contributed by atoms with Crippen LogP contribution in [0, 0.1) is 6.92 Å². The topological polar surface area (TPSA) is 42.3 Å². The van der Waals surface area contributed by atoms with Crippen molar-refractivity contribution in [1.82, 2.24) is 15.1 Å². The Morgan fingerprint density at radius 1 is 1.21 bits per heavy atom. The van der Waals surface area contributed by atoms with Crippen LogP contribution in [-0.4, -0.2) is 42.1 Å². The molecule has 24 heavy (non-hydrogen) atoms. The molecule has 1 aromatic carbocycles. The number of hydrogen-bond acceptors (Lipinski definition) is 4. The Kier molecular flexibility index (Phi) is 5.53. The fourth-order valence-corrected chi connectivity index (χ4v) is 3.10. The van der Waals surface area contributed by atoms with Crippen molar-refractivity contribution in [3.63, 3.8) is 0 Å². The summed E-state index contributed by atoms with van der Waals surface area (Å²) in [5.41, 5.74) is 3.87. The molecule has 2 atom stereocenters. The van der Waals surface area contributed by atoms with Crippen LogP contribution in [0.4, 0.5) is 5.69 Å². The predicted octanol–water partition coefficient (Wildman–Crippen LogP) is 2.77. The van der Waals surface area contributed by atoms with Crippen molar-refractivity contribution >= 4 is 5.69 Å². The van der Waals surface area contributed by atoms with E-state index in [0.717, 1.165) is 32.8 Å². The summed E-state index contributed by atoms with van der Waals surface area (Å²) in [6, 6.07) is 9.32. The van der Waals surface area contributed by atoms with E-state index < -0.39 is 0 Å². The molecule has 2 aromatic rings. The van der Waals surface area contributed by atoms with Gasteiger partial charge in [-0.2, -0.15) is 5.10 Å². The van der Waals surface area contributed by atoms with Crippen LogP contribution in [0.15, 0.2) is 36.7 Å². The highest BCUT2D eigenvalue weighted by Crippen LogP contribution is 2.22. The number of ether oxygens (including phenoxy) is 1. The van der Waals surface area contributed by atoms with E-state index in [1.165, 1.54) is 16.8 Å². The molecule has 1 aliphatic heterocycles. The first-order valence-electron chi connectivity index (χ1n) is 8.80. The normalized spacial score (nSPS) is 17.7. The van der Waals surface area contributed by atoms with Gasteiger partial charge in [-0.25, -0.2) is 0 Å². The fourth-order valence-electron chi connectivity index (χ4n) is 3.10. The van der Waals surface area contributed by atoms with Gasteiger partial charge in [0.1, 0.15) is 0 Å². The van der Waals surface area contributed by atoms with Crippen LogP contribution < -0.4 is 10.2 Å². The summed E-state index contributed by atoms with van der Waals surface area (Å²) >= 11 is 0. The van der Waals surface area contributed by atoms with Crippen molar-refractivity contribution in [3.05, 3.63) is 47.8 Å². The van der Waals surface area contributed by atoms with E-state index in [1.807, 2.05) is 10.9 Å². The first-order valence-corrected chi connectivity index (χ1v) is 8.80. The molecule has 0 radical (unpaired) electrons. The third-order valence-corrected chi connectivity index (χ3v) is 4.83. The third kappa shape index (κ3) is 3.97. The SMILES string of the molecule is Cc1cnn(C(C)C(C)NCc2ccccc2N2CCOCC2)c1. The predicted molar refractivity (Wildman–Crippen MR) is 97.5 cm³/mol. The molecule has 0 spiro atoms.